The van der Waals surface area contributed by atoms with Crippen LogP contribution in [-0.4, -0.2) is 9.78 Å². The lowest BCUT2D eigenvalue weighted by Crippen LogP contribution is -2.01. The van der Waals surface area contributed by atoms with Crippen molar-refractivity contribution < 1.29 is 4.74 Å². The average Bonchev–Trinajstić information content (AvgIpc) is 2.64. The molecular formula is C14H15N3O. The Bertz CT molecular complexity index is 567. The molecule has 4 heteroatoms. The molecule has 0 saturated carbocycles. The normalized spacial score (nSPS) is 10.1. The molecule has 0 spiro atoms. The Labute approximate surface area is 106 Å². The van der Waals surface area contributed by atoms with Gasteiger partial charge in [-0.1, -0.05) is 30.3 Å². The molecule has 0 N–H and O–H groups in total. The van der Waals surface area contributed by atoms with E-state index >= 15 is 0 Å². The van der Waals surface area contributed by atoms with Crippen LogP contribution in [0.5, 0.6) is 5.75 Å². The zero-order chi connectivity index (χ0) is 13.0. The first-order valence-electron chi connectivity index (χ1n) is 5.78. The van der Waals surface area contributed by atoms with Crippen molar-refractivity contribution in [3.63, 3.8) is 0 Å². The van der Waals surface area contributed by atoms with Crippen molar-refractivity contribution in [2.45, 2.75) is 20.0 Å². The number of hydrogen-bond acceptors (Lipinski definition) is 3. The summed E-state index contributed by atoms with van der Waals surface area (Å²) in [5.41, 5.74) is 2.74. The molecule has 0 aliphatic heterocycles. The molecule has 0 fully saturated rings. The molecule has 0 aliphatic rings. The van der Waals surface area contributed by atoms with Gasteiger partial charge in [-0.15, -0.1) is 0 Å². The van der Waals surface area contributed by atoms with Crippen LogP contribution in [0, 0.1) is 18.3 Å². The standard InChI is InChI=1S/C14H15N3O/c1-11-14(13(8-9-15)17(2)16-11)18-10-12-6-4-3-5-7-12/h3-7H,8,10H2,1-2H3. The Balaban J connectivity index is 2.17. The zero-order valence-corrected chi connectivity index (χ0v) is 10.6. The van der Waals surface area contributed by atoms with Gasteiger partial charge < -0.3 is 4.74 Å². The Morgan fingerprint density at radius 2 is 2.06 bits per heavy atom. The molecule has 0 unspecified atom stereocenters. The van der Waals surface area contributed by atoms with E-state index in [9.17, 15) is 0 Å². The van der Waals surface area contributed by atoms with Crippen molar-refractivity contribution in [2.75, 3.05) is 0 Å². The van der Waals surface area contributed by atoms with Crippen LogP contribution in [0.25, 0.3) is 0 Å². The van der Waals surface area contributed by atoms with Crippen molar-refractivity contribution in [3.8, 4) is 11.8 Å². The Kier molecular flexibility index (Phi) is 3.63. The molecule has 0 amide bonds. The molecule has 0 atom stereocenters. The number of hydrogen-bond donors (Lipinski definition) is 0. The molecule has 1 aromatic carbocycles. The highest BCUT2D eigenvalue weighted by molar-refractivity contribution is 5.35. The van der Waals surface area contributed by atoms with E-state index in [4.69, 9.17) is 10.00 Å². The van der Waals surface area contributed by atoms with Gasteiger partial charge in [0.25, 0.3) is 0 Å². The summed E-state index contributed by atoms with van der Waals surface area (Å²) in [5.74, 6) is 0.725. The van der Waals surface area contributed by atoms with Gasteiger partial charge in [0.15, 0.2) is 5.75 Å². The zero-order valence-electron chi connectivity index (χ0n) is 10.6. The van der Waals surface area contributed by atoms with E-state index in [2.05, 4.69) is 11.2 Å². The Hall–Kier alpha value is -2.28. The smallest absolute Gasteiger partial charge is 0.164 e. The second-order valence-corrected chi connectivity index (χ2v) is 4.09. The molecule has 2 aromatic rings. The molecule has 92 valence electrons. The number of rotatable bonds is 4. The van der Waals surface area contributed by atoms with E-state index in [0.717, 1.165) is 22.7 Å². The predicted molar refractivity (Wildman–Crippen MR) is 68.0 cm³/mol. The second-order valence-electron chi connectivity index (χ2n) is 4.09. The summed E-state index contributed by atoms with van der Waals surface area (Å²) in [6.45, 7) is 2.38. The third-order valence-corrected chi connectivity index (χ3v) is 2.75. The monoisotopic (exact) mass is 241 g/mol. The maximum Gasteiger partial charge on any atom is 0.164 e. The molecular weight excluding hydrogens is 226 g/mol. The molecule has 2 rings (SSSR count). The molecule has 4 nitrogen and oxygen atoms in total. The number of nitriles is 1. The van der Waals surface area contributed by atoms with Gasteiger partial charge in [0.2, 0.25) is 0 Å². The summed E-state index contributed by atoms with van der Waals surface area (Å²) in [7, 11) is 1.83. The van der Waals surface area contributed by atoms with Gasteiger partial charge in [0.1, 0.15) is 12.3 Å². The molecule has 0 radical (unpaired) electrons. The average molecular weight is 241 g/mol. The van der Waals surface area contributed by atoms with Gasteiger partial charge in [-0.25, -0.2) is 0 Å². The van der Waals surface area contributed by atoms with Gasteiger partial charge in [-0.05, 0) is 12.5 Å². The van der Waals surface area contributed by atoms with Crippen LogP contribution in [0.4, 0.5) is 0 Å². The minimum Gasteiger partial charge on any atom is -0.485 e. The quantitative estimate of drug-likeness (QED) is 0.825. The van der Waals surface area contributed by atoms with E-state index < -0.39 is 0 Å². The summed E-state index contributed by atoms with van der Waals surface area (Å²) in [6.07, 6.45) is 0.307. The first kappa shape index (κ1) is 12.2. The number of benzene rings is 1. The van der Waals surface area contributed by atoms with Crippen molar-refractivity contribution >= 4 is 0 Å². The van der Waals surface area contributed by atoms with E-state index in [0.29, 0.717) is 13.0 Å². The second kappa shape index (κ2) is 5.37. The van der Waals surface area contributed by atoms with Crippen molar-refractivity contribution in [1.29, 1.82) is 5.26 Å². The van der Waals surface area contributed by atoms with Gasteiger partial charge in [0, 0.05) is 7.05 Å². The van der Waals surface area contributed by atoms with Gasteiger partial charge >= 0.3 is 0 Å². The van der Waals surface area contributed by atoms with Crippen molar-refractivity contribution in [2.24, 2.45) is 7.05 Å². The van der Waals surface area contributed by atoms with Crippen LogP contribution >= 0.6 is 0 Å². The lowest BCUT2D eigenvalue weighted by molar-refractivity contribution is 0.301. The summed E-state index contributed by atoms with van der Waals surface area (Å²) < 4.78 is 7.50. The molecule has 0 saturated heterocycles. The maximum atomic E-state index is 8.82. The first-order valence-corrected chi connectivity index (χ1v) is 5.78. The van der Waals surface area contributed by atoms with E-state index in [-0.39, 0.29) is 0 Å². The fraction of sp³-hybridized carbons (Fsp3) is 0.286. The third-order valence-electron chi connectivity index (χ3n) is 2.75. The van der Waals surface area contributed by atoms with Crippen LogP contribution in [0.3, 0.4) is 0 Å². The van der Waals surface area contributed by atoms with Crippen LogP contribution in [-0.2, 0) is 20.1 Å². The number of nitrogens with zero attached hydrogens (tertiary/aromatic N) is 3. The number of ether oxygens (including phenoxy) is 1. The fourth-order valence-electron chi connectivity index (χ4n) is 1.87. The van der Waals surface area contributed by atoms with Crippen LogP contribution in [0.1, 0.15) is 17.0 Å². The highest BCUT2D eigenvalue weighted by atomic mass is 16.5. The molecule has 18 heavy (non-hydrogen) atoms. The predicted octanol–water partition coefficient (Wildman–Crippen LogP) is 2.37. The number of aromatic nitrogens is 2. The van der Waals surface area contributed by atoms with Gasteiger partial charge in [0.05, 0.1) is 18.2 Å². The SMILES string of the molecule is Cc1nn(C)c(CC#N)c1OCc1ccccc1. The topological polar surface area (TPSA) is 50.8 Å². The molecule has 1 heterocycles. The summed E-state index contributed by atoms with van der Waals surface area (Å²) in [5, 5.41) is 13.1. The highest BCUT2D eigenvalue weighted by Crippen LogP contribution is 2.24. The maximum absolute atomic E-state index is 8.82. The van der Waals surface area contributed by atoms with Crippen LogP contribution in [0.2, 0.25) is 0 Å². The van der Waals surface area contributed by atoms with Crippen molar-refractivity contribution in [1.82, 2.24) is 9.78 Å². The number of aryl methyl sites for hydroxylation is 2. The molecule has 0 aliphatic carbocycles. The summed E-state index contributed by atoms with van der Waals surface area (Å²) >= 11 is 0. The minimum atomic E-state index is 0.307. The van der Waals surface area contributed by atoms with Crippen molar-refractivity contribution in [3.05, 3.63) is 47.3 Å². The van der Waals surface area contributed by atoms with Gasteiger partial charge in [-0.2, -0.15) is 10.4 Å². The first-order chi connectivity index (χ1) is 8.72. The molecule has 1 aromatic heterocycles. The summed E-state index contributed by atoms with van der Waals surface area (Å²) in [6, 6.07) is 12.1. The van der Waals surface area contributed by atoms with E-state index in [1.54, 1.807) is 4.68 Å². The van der Waals surface area contributed by atoms with Crippen LogP contribution < -0.4 is 4.74 Å². The summed E-state index contributed by atoms with van der Waals surface area (Å²) in [4.78, 5) is 0. The Morgan fingerprint density at radius 3 is 2.72 bits per heavy atom. The van der Waals surface area contributed by atoms with E-state index in [1.165, 1.54) is 0 Å². The van der Waals surface area contributed by atoms with E-state index in [1.807, 2.05) is 44.3 Å². The lowest BCUT2D eigenvalue weighted by atomic mass is 10.2. The largest absolute Gasteiger partial charge is 0.485 e. The van der Waals surface area contributed by atoms with Crippen LogP contribution in [0.15, 0.2) is 30.3 Å². The highest BCUT2D eigenvalue weighted by Gasteiger charge is 2.14. The van der Waals surface area contributed by atoms with Gasteiger partial charge in [-0.3, -0.25) is 4.68 Å². The molecule has 0 bridgehead atoms. The third kappa shape index (κ3) is 2.51. The minimum absolute atomic E-state index is 0.307. The Morgan fingerprint density at radius 1 is 1.33 bits per heavy atom. The lowest BCUT2D eigenvalue weighted by Gasteiger charge is -2.07. The fourth-order valence-corrected chi connectivity index (χ4v) is 1.87.